The highest BCUT2D eigenvalue weighted by atomic mass is 32.2. The molecular weight excluding hydrogens is 278 g/mol. The fourth-order valence-electron chi connectivity index (χ4n) is 2.15. The number of rotatable bonds is 7. The van der Waals surface area contributed by atoms with Gasteiger partial charge in [-0.05, 0) is 18.8 Å². The second-order valence-electron chi connectivity index (χ2n) is 5.83. The summed E-state index contributed by atoms with van der Waals surface area (Å²) in [6, 6.07) is 0.0872. The maximum Gasteiger partial charge on any atom is 0.223 e. The number of hydrogen-bond acceptors (Lipinski definition) is 4. The van der Waals surface area contributed by atoms with Crippen LogP contribution in [0, 0.1) is 5.92 Å². The molecule has 1 unspecified atom stereocenters. The Labute approximate surface area is 122 Å². The summed E-state index contributed by atoms with van der Waals surface area (Å²) < 4.78 is 24.7. The van der Waals surface area contributed by atoms with Crippen molar-refractivity contribution in [2.24, 2.45) is 11.7 Å². The van der Waals surface area contributed by atoms with Crippen LogP contribution in [-0.2, 0) is 14.8 Å². The van der Waals surface area contributed by atoms with E-state index in [1.807, 2.05) is 0 Å². The van der Waals surface area contributed by atoms with Crippen LogP contribution in [0.4, 0.5) is 0 Å². The van der Waals surface area contributed by atoms with Gasteiger partial charge >= 0.3 is 0 Å². The molecule has 0 bridgehead atoms. The summed E-state index contributed by atoms with van der Waals surface area (Å²) in [7, 11) is -1.36. The van der Waals surface area contributed by atoms with Crippen molar-refractivity contribution in [1.82, 2.24) is 9.21 Å². The van der Waals surface area contributed by atoms with E-state index in [0.29, 0.717) is 32.0 Å². The quantitative estimate of drug-likeness (QED) is 0.730. The maximum atomic E-state index is 12.0. The molecule has 0 aromatic rings. The number of nitrogens with two attached hydrogens (primary N) is 1. The van der Waals surface area contributed by atoms with Gasteiger partial charge < -0.3 is 10.6 Å². The van der Waals surface area contributed by atoms with Crippen molar-refractivity contribution in [2.75, 3.05) is 32.4 Å². The van der Waals surface area contributed by atoms with Gasteiger partial charge in [-0.25, -0.2) is 12.7 Å². The van der Waals surface area contributed by atoms with Crippen LogP contribution in [0.2, 0.25) is 0 Å². The number of sulfonamides is 1. The summed E-state index contributed by atoms with van der Waals surface area (Å²) in [5, 5.41) is 0. The lowest BCUT2D eigenvalue weighted by Crippen LogP contribution is -2.36. The van der Waals surface area contributed by atoms with Crippen molar-refractivity contribution < 1.29 is 13.2 Å². The van der Waals surface area contributed by atoms with Gasteiger partial charge in [-0.15, -0.1) is 0 Å². The van der Waals surface area contributed by atoms with Gasteiger partial charge in [0.05, 0.1) is 5.75 Å². The monoisotopic (exact) mass is 305 g/mol. The molecule has 20 heavy (non-hydrogen) atoms. The Hall–Kier alpha value is -0.660. The van der Waals surface area contributed by atoms with Gasteiger partial charge in [0, 0.05) is 39.1 Å². The number of carbonyl (C=O) groups is 1. The van der Waals surface area contributed by atoms with Gasteiger partial charge in [0.1, 0.15) is 0 Å². The summed E-state index contributed by atoms with van der Waals surface area (Å²) in [5.74, 6) is 0.580. The Morgan fingerprint density at radius 3 is 2.55 bits per heavy atom. The lowest BCUT2D eigenvalue weighted by molar-refractivity contribution is -0.130. The van der Waals surface area contributed by atoms with Crippen LogP contribution in [0.3, 0.4) is 0 Å². The average Bonchev–Trinajstić information content (AvgIpc) is 2.71. The average molecular weight is 305 g/mol. The normalized spacial score (nSPS) is 20.2. The summed E-state index contributed by atoms with van der Waals surface area (Å²) in [6.07, 6.45) is 1.67. The van der Waals surface area contributed by atoms with Gasteiger partial charge in [0.15, 0.2) is 0 Å². The van der Waals surface area contributed by atoms with Crippen molar-refractivity contribution in [1.29, 1.82) is 0 Å². The molecule has 0 aromatic carbocycles. The van der Waals surface area contributed by atoms with Crippen LogP contribution in [-0.4, -0.2) is 62.0 Å². The Bertz CT molecular complexity index is 423. The van der Waals surface area contributed by atoms with E-state index < -0.39 is 10.0 Å². The number of carbonyl (C=O) groups excluding carboxylic acids is 1. The molecule has 1 fully saturated rings. The Balaban J connectivity index is 2.32. The standard InChI is InChI=1S/C13H27N3O3S/c1-11(2)12(14)5-8-15(3)13(17)6-9-16-7-4-10-20(16,18)19/h11-12H,4-10,14H2,1-3H3. The van der Waals surface area contributed by atoms with Crippen molar-refractivity contribution in [3.05, 3.63) is 0 Å². The van der Waals surface area contributed by atoms with E-state index >= 15 is 0 Å². The zero-order valence-electron chi connectivity index (χ0n) is 12.7. The highest BCUT2D eigenvalue weighted by Gasteiger charge is 2.28. The van der Waals surface area contributed by atoms with Gasteiger partial charge in [-0.2, -0.15) is 0 Å². The fraction of sp³-hybridized carbons (Fsp3) is 0.923. The molecule has 0 radical (unpaired) electrons. The molecule has 0 aliphatic carbocycles. The largest absolute Gasteiger partial charge is 0.346 e. The molecule has 1 saturated heterocycles. The first kappa shape index (κ1) is 17.4. The molecule has 1 amide bonds. The van der Waals surface area contributed by atoms with E-state index in [1.165, 1.54) is 4.31 Å². The minimum absolute atomic E-state index is 0.0249. The predicted molar refractivity (Wildman–Crippen MR) is 79.7 cm³/mol. The van der Waals surface area contributed by atoms with Crippen LogP contribution in [0.5, 0.6) is 0 Å². The molecule has 1 atom stereocenters. The van der Waals surface area contributed by atoms with Crippen molar-refractivity contribution in [2.45, 2.75) is 39.2 Å². The summed E-state index contributed by atoms with van der Waals surface area (Å²) in [5.41, 5.74) is 5.95. The first-order valence-electron chi connectivity index (χ1n) is 7.21. The van der Waals surface area contributed by atoms with Crippen LogP contribution in [0.1, 0.15) is 33.1 Å². The number of amides is 1. The Kier molecular flexibility index (Phi) is 6.42. The maximum absolute atomic E-state index is 12.0. The van der Waals surface area contributed by atoms with Gasteiger partial charge in [-0.1, -0.05) is 13.8 Å². The number of hydrogen-bond donors (Lipinski definition) is 1. The minimum atomic E-state index is -3.10. The van der Waals surface area contributed by atoms with E-state index in [2.05, 4.69) is 13.8 Å². The Morgan fingerprint density at radius 1 is 1.40 bits per heavy atom. The predicted octanol–water partition coefficient (Wildman–Crippen LogP) is 0.244. The molecule has 2 N–H and O–H groups in total. The molecule has 1 aliphatic rings. The van der Waals surface area contributed by atoms with Crippen LogP contribution >= 0.6 is 0 Å². The van der Waals surface area contributed by atoms with Gasteiger partial charge in [-0.3, -0.25) is 4.79 Å². The molecule has 0 spiro atoms. The first-order chi connectivity index (χ1) is 9.24. The van der Waals surface area contributed by atoms with Gasteiger partial charge in [0.2, 0.25) is 15.9 Å². The summed E-state index contributed by atoms with van der Waals surface area (Å²) in [6.45, 7) is 5.57. The van der Waals surface area contributed by atoms with Crippen molar-refractivity contribution >= 4 is 15.9 Å². The van der Waals surface area contributed by atoms with E-state index in [0.717, 1.165) is 6.42 Å². The molecular formula is C13H27N3O3S. The topological polar surface area (TPSA) is 83.7 Å². The van der Waals surface area contributed by atoms with E-state index in [1.54, 1.807) is 11.9 Å². The smallest absolute Gasteiger partial charge is 0.223 e. The Morgan fingerprint density at radius 2 is 2.05 bits per heavy atom. The van der Waals surface area contributed by atoms with Crippen molar-refractivity contribution in [3.63, 3.8) is 0 Å². The first-order valence-corrected chi connectivity index (χ1v) is 8.82. The third kappa shape index (κ3) is 5.03. The SMILES string of the molecule is CC(C)C(N)CCN(C)C(=O)CCN1CCCS1(=O)=O. The van der Waals surface area contributed by atoms with E-state index in [-0.39, 0.29) is 24.1 Å². The third-order valence-corrected chi connectivity index (χ3v) is 5.81. The van der Waals surface area contributed by atoms with Crippen molar-refractivity contribution in [3.8, 4) is 0 Å². The van der Waals surface area contributed by atoms with E-state index in [4.69, 9.17) is 5.73 Å². The second-order valence-corrected chi connectivity index (χ2v) is 7.92. The highest BCUT2D eigenvalue weighted by Crippen LogP contribution is 2.13. The molecule has 118 valence electrons. The fourth-order valence-corrected chi connectivity index (χ4v) is 3.68. The molecule has 1 aliphatic heterocycles. The summed E-state index contributed by atoms with van der Waals surface area (Å²) >= 11 is 0. The zero-order valence-corrected chi connectivity index (χ0v) is 13.5. The van der Waals surface area contributed by atoms with E-state index in [9.17, 15) is 13.2 Å². The molecule has 7 heteroatoms. The van der Waals surface area contributed by atoms with Crippen LogP contribution < -0.4 is 5.73 Å². The van der Waals surface area contributed by atoms with Crippen LogP contribution in [0.25, 0.3) is 0 Å². The lowest BCUT2D eigenvalue weighted by atomic mass is 10.0. The minimum Gasteiger partial charge on any atom is -0.346 e. The number of nitrogens with zero attached hydrogens (tertiary/aromatic N) is 2. The molecule has 1 rings (SSSR count). The molecule has 1 heterocycles. The summed E-state index contributed by atoms with van der Waals surface area (Å²) in [4.78, 5) is 13.6. The highest BCUT2D eigenvalue weighted by molar-refractivity contribution is 7.89. The van der Waals surface area contributed by atoms with Crippen LogP contribution in [0.15, 0.2) is 0 Å². The molecule has 0 saturated carbocycles. The zero-order chi connectivity index (χ0) is 15.3. The molecule has 0 aromatic heterocycles. The molecule has 6 nitrogen and oxygen atoms in total. The lowest BCUT2D eigenvalue weighted by Gasteiger charge is -2.22. The second kappa shape index (κ2) is 7.38. The van der Waals surface area contributed by atoms with Gasteiger partial charge in [0.25, 0.3) is 0 Å². The third-order valence-electron chi connectivity index (χ3n) is 3.86.